The van der Waals surface area contributed by atoms with Crippen molar-refractivity contribution in [2.24, 2.45) is 4.99 Å². The summed E-state index contributed by atoms with van der Waals surface area (Å²) in [5.41, 5.74) is 1.98. The highest BCUT2D eigenvalue weighted by molar-refractivity contribution is 5.82. The summed E-state index contributed by atoms with van der Waals surface area (Å²) >= 11 is 0. The number of rotatable bonds is 3. The van der Waals surface area contributed by atoms with Crippen molar-refractivity contribution in [1.29, 1.82) is 0 Å². The van der Waals surface area contributed by atoms with Gasteiger partial charge in [-0.3, -0.25) is 4.99 Å². The van der Waals surface area contributed by atoms with E-state index in [1.165, 1.54) is 0 Å². The Morgan fingerprint density at radius 1 is 1.06 bits per heavy atom. The van der Waals surface area contributed by atoms with Gasteiger partial charge in [0.2, 0.25) is 0 Å². The first-order chi connectivity index (χ1) is 7.88. The van der Waals surface area contributed by atoms with Gasteiger partial charge in [-0.25, -0.2) is 0 Å². The second-order valence-electron chi connectivity index (χ2n) is 3.29. The standard InChI is InChI=1S/C14H12NO/c1-16-14-9-7-12(8-10-14)11-15-13-5-3-2-4-6-13/h3-11H,1H3. The van der Waals surface area contributed by atoms with Gasteiger partial charge in [-0.2, -0.15) is 0 Å². The minimum atomic E-state index is 0.853. The lowest BCUT2D eigenvalue weighted by atomic mass is 10.2. The molecule has 0 bridgehead atoms. The highest BCUT2D eigenvalue weighted by atomic mass is 16.5. The van der Waals surface area contributed by atoms with Crippen LogP contribution in [-0.2, 0) is 0 Å². The van der Waals surface area contributed by atoms with Crippen LogP contribution in [0.15, 0.2) is 53.5 Å². The number of hydrogen-bond donors (Lipinski definition) is 0. The van der Waals surface area contributed by atoms with Gasteiger partial charge in [0.1, 0.15) is 5.75 Å². The highest BCUT2D eigenvalue weighted by Gasteiger charge is 1.90. The number of ether oxygens (including phenoxy) is 1. The molecule has 0 aromatic heterocycles. The van der Waals surface area contributed by atoms with Crippen molar-refractivity contribution in [2.75, 3.05) is 7.11 Å². The molecule has 2 nitrogen and oxygen atoms in total. The zero-order valence-corrected chi connectivity index (χ0v) is 9.05. The molecule has 0 unspecified atom stereocenters. The Morgan fingerprint density at radius 3 is 2.38 bits per heavy atom. The molecule has 0 aliphatic carbocycles. The van der Waals surface area contributed by atoms with Crippen LogP contribution in [0.3, 0.4) is 0 Å². The zero-order chi connectivity index (χ0) is 11.2. The molecule has 0 N–H and O–H groups in total. The number of aliphatic imine (C=N–C) groups is 1. The molecular formula is C14H12NO. The van der Waals surface area contributed by atoms with Gasteiger partial charge in [-0.15, -0.1) is 0 Å². The zero-order valence-electron chi connectivity index (χ0n) is 9.05. The van der Waals surface area contributed by atoms with Crippen molar-refractivity contribution < 1.29 is 4.74 Å². The van der Waals surface area contributed by atoms with Crippen molar-refractivity contribution in [1.82, 2.24) is 0 Å². The summed E-state index contributed by atoms with van der Waals surface area (Å²) in [4.78, 5) is 4.35. The van der Waals surface area contributed by atoms with E-state index < -0.39 is 0 Å². The fourth-order valence-corrected chi connectivity index (χ4v) is 1.30. The van der Waals surface area contributed by atoms with E-state index in [2.05, 4.69) is 11.1 Å². The number of benzene rings is 2. The molecule has 2 rings (SSSR count). The fraction of sp³-hybridized carbons (Fsp3) is 0.0714. The molecule has 2 heteroatoms. The van der Waals surface area contributed by atoms with E-state index in [9.17, 15) is 0 Å². The summed E-state index contributed by atoms with van der Waals surface area (Å²) in [6, 6.07) is 18.3. The van der Waals surface area contributed by atoms with Gasteiger partial charge in [-0.05, 0) is 48.0 Å². The van der Waals surface area contributed by atoms with Crippen molar-refractivity contribution >= 4 is 11.9 Å². The summed E-state index contributed by atoms with van der Waals surface area (Å²) in [6.07, 6.45) is 1.83. The van der Waals surface area contributed by atoms with E-state index in [0.29, 0.717) is 0 Å². The quantitative estimate of drug-likeness (QED) is 0.712. The fourth-order valence-electron chi connectivity index (χ4n) is 1.30. The van der Waals surface area contributed by atoms with Gasteiger partial charge in [-0.1, -0.05) is 12.1 Å². The van der Waals surface area contributed by atoms with Gasteiger partial charge in [0.15, 0.2) is 0 Å². The summed E-state index contributed by atoms with van der Waals surface area (Å²) in [5.74, 6) is 0.853. The van der Waals surface area contributed by atoms with Crippen LogP contribution < -0.4 is 4.74 Å². The van der Waals surface area contributed by atoms with Gasteiger partial charge in [0.25, 0.3) is 0 Å². The maximum absolute atomic E-state index is 5.08. The molecular weight excluding hydrogens is 198 g/mol. The molecule has 16 heavy (non-hydrogen) atoms. The lowest BCUT2D eigenvalue weighted by Gasteiger charge is -1.98. The third-order valence-corrected chi connectivity index (χ3v) is 2.18. The molecule has 2 aromatic rings. The van der Waals surface area contributed by atoms with Crippen molar-refractivity contribution in [3.05, 3.63) is 60.2 Å². The van der Waals surface area contributed by atoms with E-state index >= 15 is 0 Å². The molecule has 2 aromatic carbocycles. The predicted octanol–water partition coefficient (Wildman–Crippen LogP) is 3.25. The second kappa shape index (κ2) is 5.12. The lowest BCUT2D eigenvalue weighted by molar-refractivity contribution is 0.415. The molecule has 1 radical (unpaired) electrons. The third kappa shape index (κ3) is 2.70. The maximum atomic E-state index is 5.08. The van der Waals surface area contributed by atoms with E-state index in [-0.39, 0.29) is 0 Å². The average molecular weight is 210 g/mol. The molecule has 0 atom stereocenters. The van der Waals surface area contributed by atoms with E-state index in [1.807, 2.05) is 54.7 Å². The minimum Gasteiger partial charge on any atom is -0.497 e. The number of nitrogens with zero attached hydrogens (tertiary/aromatic N) is 1. The van der Waals surface area contributed by atoms with Crippen LogP contribution in [0.1, 0.15) is 5.56 Å². The Labute approximate surface area is 95.2 Å². The molecule has 79 valence electrons. The smallest absolute Gasteiger partial charge is 0.118 e. The van der Waals surface area contributed by atoms with Crippen LogP contribution in [0.25, 0.3) is 0 Å². The topological polar surface area (TPSA) is 21.6 Å². The molecule has 0 amide bonds. The van der Waals surface area contributed by atoms with E-state index in [1.54, 1.807) is 7.11 Å². The number of methoxy groups -OCH3 is 1. The molecule has 0 spiro atoms. The Bertz CT molecular complexity index is 460. The summed E-state index contributed by atoms with van der Waals surface area (Å²) in [6.45, 7) is 0. The first-order valence-electron chi connectivity index (χ1n) is 5.03. The van der Waals surface area contributed by atoms with Gasteiger partial charge < -0.3 is 4.74 Å². The molecule has 0 saturated heterocycles. The van der Waals surface area contributed by atoms with Gasteiger partial charge in [0, 0.05) is 6.21 Å². The molecule has 0 heterocycles. The SMILES string of the molecule is COc1ccc(C=Nc2cc[c]cc2)cc1. The molecule has 0 fully saturated rings. The van der Waals surface area contributed by atoms with E-state index in [4.69, 9.17) is 4.74 Å². The van der Waals surface area contributed by atoms with Gasteiger partial charge >= 0.3 is 0 Å². The van der Waals surface area contributed by atoms with Crippen molar-refractivity contribution in [3.8, 4) is 5.75 Å². The van der Waals surface area contributed by atoms with Crippen LogP contribution in [0.5, 0.6) is 5.75 Å². The van der Waals surface area contributed by atoms with Crippen molar-refractivity contribution in [2.45, 2.75) is 0 Å². The highest BCUT2D eigenvalue weighted by Crippen LogP contribution is 2.12. The lowest BCUT2D eigenvalue weighted by Crippen LogP contribution is -1.84. The normalized spacial score (nSPS) is 10.6. The summed E-state index contributed by atoms with van der Waals surface area (Å²) in [7, 11) is 1.66. The molecule has 0 aliphatic rings. The predicted molar refractivity (Wildman–Crippen MR) is 65.5 cm³/mol. The molecule has 0 aliphatic heterocycles. The van der Waals surface area contributed by atoms with Crippen LogP contribution in [0.2, 0.25) is 0 Å². The average Bonchev–Trinajstić information content (AvgIpc) is 2.38. The Balaban J connectivity index is 2.12. The Morgan fingerprint density at radius 2 is 1.75 bits per heavy atom. The Hall–Kier alpha value is -2.09. The second-order valence-corrected chi connectivity index (χ2v) is 3.29. The van der Waals surface area contributed by atoms with Crippen molar-refractivity contribution in [3.63, 3.8) is 0 Å². The van der Waals surface area contributed by atoms with E-state index in [0.717, 1.165) is 17.0 Å². The first kappa shape index (κ1) is 10.4. The monoisotopic (exact) mass is 210 g/mol. The molecule has 0 saturated carbocycles. The summed E-state index contributed by atoms with van der Waals surface area (Å²) in [5, 5.41) is 0. The van der Waals surface area contributed by atoms with Crippen LogP contribution in [0, 0.1) is 6.07 Å². The first-order valence-corrected chi connectivity index (χ1v) is 5.03. The largest absolute Gasteiger partial charge is 0.497 e. The van der Waals surface area contributed by atoms with Crippen LogP contribution in [-0.4, -0.2) is 13.3 Å². The van der Waals surface area contributed by atoms with Gasteiger partial charge in [0.05, 0.1) is 12.8 Å². The van der Waals surface area contributed by atoms with Crippen LogP contribution in [0.4, 0.5) is 5.69 Å². The van der Waals surface area contributed by atoms with Crippen LogP contribution >= 0.6 is 0 Å². The number of hydrogen-bond acceptors (Lipinski definition) is 2. The maximum Gasteiger partial charge on any atom is 0.118 e. The summed E-state index contributed by atoms with van der Waals surface area (Å²) < 4.78 is 5.08. The minimum absolute atomic E-state index is 0.853. The Kier molecular flexibility index (Phi) is 3.34. The third-order valence-electron chi connectivity index (χ3n) is 2.18.